The summed E-state index contributed by atoms with van der Waals surface area (Å²) in [6, 6.07) is 6.20. The van der Waals surface area contributed by atoms with Crippen LogP contribution in [-0.2, 0) is 14.4 Å². The first-order chi connectivity index (χ1) is 14.2. The SMILES string of the molecule is CC(C)(C)OC(=O)N1CC2C=NN=C2C(C(=O)ON2C(=O)c3ccccc3C2=O)C1. The second-order valence-corrected chi connectivity index (χ2v) is 8.19. The minimum absolute atomic E-state index is 0.0599. The Bertz CT molecular complexity index is 974. The van der Waals surface area contributed by atoms with Crippen molar-refractivity contribution in [3.8, 4) is 0 Å². The highest BCUT2D eigenvalue weighted by Gasteiger charge is 2.45. The molecule has 2 atom stereocenters. The van der Waals surface area contributed by atoms with Crippen molar-refractivity contribution in [2.75, 3.05) is 13.1 Å². The molecule has 0 aromatic heterocycles. The molecule has 3 heterocycles. The zero-order chi connectivity index (χ0) is 21.6. The van der Waals surface area contributed by atoms with Crippen LogP contribution in [0.4, 0.5) is 4.79 Å². The number of imide groups is 1. The molecule has 1 aromatic rings. The number of hydrogen-bond acceptors (Lipinski definition) is 8. The first-order valence-corrected chi connectivity index (χ1v) is 9.44. The second kappa shape index (κ2) is 7.05. The Hall–Kier alpha value is -3.56. The van der Waals surface area contributed by atoms with E-state index in [1.54, 1.807) is 32.9 Å². The Morgan fingerprint density at radius 1 is 1.07 bits per heavy atom. The first-order valence-electron chi connectivity index (χ1n) is 9.44. The standard InChI is InChI=1S/C20H20N4O6/c1-20(2,3)29-19(28)23-9-11-8-21-22-15(11)14(10-23)18(27)30-24-16(25)12-6-4-5-7-13(12)17(24)26/h4-8,11,14H,9-10H2,1-3H3. The summed E-state index contributed by atoms with van der Waals surface area (Å²) in [6.45, 7) is 5.43. The fourth-order valence-corrected chi connectivity index (χ4v) is 3.50. The van der Waals surface area contributed by atoms with Crippen molar-refractivity contribution in [1.29, 1.82) is 0 Å². The monoisotopic (exact) mass is 412 g/mol. The summed E-state index contributed by atoms with van der Waals surface area (Å²) in [5.74, 6) is -3.66. The van der Waals surface area contributed by atoms with E-state index < -0.39 is 35.4 Å². The quantitative estimate of drug-likeness (QED) is 0.682. The van der Waals surface area contributed by atoms with Crippen LogP contribution in [0, 0.1) is 11.8 Å². The molecule has 3 amide bonds. The molecule has 10 nitrogen and oxygen atoms in total. The number of hydrogen-bond donors (Lipinski definition) is 0. The van der Waals surface area contributed by atoms with Crippen LogP contribution in [-0.4, -0.2) is 64.5 Å². The van der Waals surface area contributed by atoms with Gasteiger partial charge in [-0.25, -0.2) is 9.59 Å². The van der Waals surface area contributed by atoms with E-state index in [2.05, 4.69) is 10.2 Å². The third-order valence-electron chi connectivity index (χ3n) is 4.85. The molecule has 1 saturated heterocycles. The molecule has 0 bridgehead atoms. The number of carbonyl (C=O) groups is 4. The third-order valence-corrected chi connectivity index (χ3v) is 4.85. The van der Waals surface area contributed by atoms with Gasteiger partial charge in [-0.15, -0.1) is 0 Å². The van der Waals surface area contributed by atoms with Gasteiger partial charge in [0, 0.05) is 19.3 Å². The fourth-order valence-electron chi connectivity index (χ4n) is 3.50. The number of benzene rings is 1. The lowest BCUT2D eigenvalue weighted by Crippen LogP contribution is -2.53. The Labute approximate surface area is 172 Å². The second-order valence-electron chi connectivity index (χ2n) is 8.19. The fraction of sp³-hybridized carbons (Fsp3) is 0.400. The number of nitrogens with zero attached hydrogens (tertiary/aromatic N) is 4. The van der Waals surface area contributed by atoms with Crippen molar-refractivity contribution in [1.82, 2.24) is 9.96 Å². The molecule has 1 fully saturated rings. The Balaban J connectivity index is 1.52. The lowest BCUT2D eigenvalue weighted by Gasteiger charge is -2.35. The van der Waals surface area contributed by atoms with Gasteiger partial charge < -0.3 is 14.5 Å². The van der Waals surface area contributed by atoms with Crippen molar-refractivity contribution in [3.63, 3.8) is 0 Å². The van der Waals surface area contributed by atoms with Gasteiger partial charge in [0.1, 0.15) is 11.5 Å². The Kier molecular flexibility index (Phi) is 4.64. The first kappa shape index (κ1) is 19.7. The van der Waals surface area contributed by atoms with Gasteiger partial charge in [0.2, 0.25) is 0 Å². The molecule has 0 spiro atoms. The topological polar surface area (TPSA) is 118 Å². The maximum absolute atomic E-state index is 12.9. The van der Waals surface area contributed by atoms with Crippen molar-refractivity contribution in [2.24, 2.45) is 22.0 Å². The number of ether oxygens (including phenoxy) is 1. The molecular weight excluding hydrogens is 392 g/mol. The predicted octanol–water partition coefficient (Wildman–Crippen LogP) is 1.66. The highest BCUT2D eigenvalue weighted by molar-refractivity contribution is 6.21. The number of carbonyl (C=O) groups excluding carboxylic acids is 4. The molecule has 10 heteroatoms. The van der Waals surface area contributed by atoms with Crippen molar-refractivity contribution in [3.05, 3.63) is 35.4 Å². The minimum atomic E-state index is -0.983. The molecule has 156 valence electrons. The van der Waals surface area contributed by atoms with Crippen LogP contribution in [0.5, 0.6) is 0 Å². The molecule has 0 N–H and O–H groups in total. The van der Waals surface area contributed by atoms with Gasteiger partial charge in [-0.2, -0.15) is 10.2 Å². The maximum Gasteiger partial charge on any atom is 0.410 e. The van der Waals surface area contributed by atoms with E-state index in [0.717, 1.165) is 0 Å². The van der Waals surface area contributed by atoms with E-state index in [0.29, 0.717) is 10.8 Å². The normalized spacial score (nSPS) is 22.6. The van der Waals surface area contributed by atoms with Crippen LogP contribution in [0.2, 0.25) is 0 Å². The number of fused-ring (bicyclic) bond motifs is 2. The lowest BCUT2D eigenvalue weighted by atomic mass is 9.88. The summed E-state index contributed by atoms with van der Waals surface area (Å²) in [4.78, 5) is 56.9. The number of amides is 3. The number of rotatable bonds is 2. The summed E-state index contributed by atoms with van der Waals surface area (Å²) < 4.78 is 5.40. The van der Waals surface area contributed by atoms with Crippen LogP contribution in [0.3, 0.4) is 0 Å². The highest BCUT2D eigenvalue weighted by atomic mass is 16.7. The number of piperidine rings is 1. The van der Waals surface area contributed by atoms with E-state index in [1.807, 2.05) is 0 Å². The van der Waals surface area contributed by atoms with E-state index in [4.69, 9.17) is 9.57 Å². The van der Waals surface area contributed by atoms with E-state index in [9.17, 15) is 19.2 Å². The molecule has 0 aliphatic carbocycles. The van der Waals surface area contributed by atoms with Gasteiger partial charge in [0.05, 0.1) is 22.8 Å². The van der Waals surface area contributed by atoms with Gasteiger partial charge in [-0.05, 0) is 32.9 Å². The molecule has 1 aromatic carbocycles. The highest BCUT2D eigenvalue weighted by Crippen LogP contribution is 2.27. The van der Waals surface area contributed by atoms with Gasteiger partial charge in [0.25, 0.3) is 11.8 Å². The third kappa shape index (κ3) is 3.44. The molecule has 4 rings (SSSR count). The molecular formula is C20H20N4O6. The van der Waals surface area contributed by atoms with Crippen LogP contribution >= 0.6 is 0 Å². The smallest absolute Gasteiger partial charge is 0.410 e. The largest absolute Gasteiger partial charge is 0.444 e. The average molecular weight is 412 g/mol. The summed E-state index contributed by atoms with van der Waals surface area (Å²) in [5, 5.41) is 8.30. The summed E-state index contributed by atoms with van der Waals surface area (Å²) >= 11 is 0. The average Bonchev–Trinajstić information content (AvgIpc) is 3.25. The van der Waals surface area contributed by atoms with Crippen molar-refractivity contribution in [2.45, 2.75) is 26.4 Å². The van der Waals surface area contributed by atoms with Crippen molar-refractivity contribution < 1.29 is 28.8 Å². The number of likely N-dealkylation sites (tertiary alicyclic amines) is 1. The predicted molar refractivity (Wildman–Crippen MR) is 104 cm³/mol. The molecule has 3 aliphatic rings. The van der Waals surface area contributed by atoms with E-state index in [-0.39, 0.29) is 30.1 Å². The van der Waals surface area contributed by atoms with Gasteiger partial charge >= 0.3 is 12.1 Å². The van der Waals surface area contributed by atoms with Crippen LogP contribution in [0.1, 0.15) is 41.5 Å². The lowest BCUT2D eigenvalue weighted by molar-refractivity contribution is -0.172. The van der Waals surface area contributed by atoms with Gasteiger partial charge in [-0.1, -0.05) is 17.2 Å². The summed E-state index contributed by atoms with van der Waals surface area (Å²) in [7, 11) is 0. The summed E-state index contributed by atoms with van der Waals surface area (Å²) in [6.07, 6.45) is 0.953. The number of hydroxylamine groups is 2. The zero-order valence-electron chi connectivity index (χ0n) is 16.7. The molecule has 30 heavy (non-hydrogen) atoms. The Morgan fingerprint density at radius 2 is 1.70 bits per heavy atom. The molecule has 2 unspecified atom stereocenters. The zero-order valence-corrected chi connectivity index (χ0v) is 16.7. The van der Waals surface area contributed by atoms with Crippen LogP contribution < -0.4 is 0 Å². The van der Waals surface area contributed by atoms with Crippen LogP contribution in [0.25, 0.3) is 0 Å². The minimum Gasteiger partial charge on any atom is -0.444 e. The molecule has 3 aliphatic heterocycles. The summed E-state index contributed by atoms with van der Waals surface area (Å²) in [5.41, 5.74) is 0.0460. The van der Waals surface area contributed by atoms with Gasteiger partial charge in [0.15, 0.2) is 0 Å². The van der Waals surface area contributed by atoms with Gasteiger partial charge in [-0.3, -0.25) is 9.59 Å². The maximum atomic E-state index is 12.9. The van der Waals surface area contributed by atoms with E-state index in [1.165, 1.54) is 23.2 Å². The van der Waals surface area contributed by atoms with E-state index >= 15 is 0 Å². The van der Waals surface area contributed by atoms with Crippen molar-refractivity contribution >= 4 is 35.8 Å². The van der Waals surface area contributed by atoms with Crippen LogP contribution in [0.15, 0.2) is 34.5 Å². The molecule has 0 radical (unpaired) electrons. The molecule has 0 saturated carbocycles. The Morgan fingerprint density at radius 3 is 2.30 bits per heavy atom.